The predicted octanol–water partition coefficient (Wildman–Crippen LogP) is 3.19. The summed E-state index contributed by atoms with van der Waals surface area (Å²) in [5.74, 6) is 0.221. The molecule has 0 aromatic heterocycles. The number of hydrogen-bond donors (Lipinski definition) is 4. The lowest BCUT2D eigenvalue weighted by Crippen LogP contribution is -2.59. The SMILES string of the molecule is Cc1cc(OCC2CCNCC2)ccc1NC(=O)C1N=CNC1(C(N)=O)c1cc(Br)ccc1C.Cl. The molecule has 0 spiro atoms. The molecule has 5 N–H and O–H groups in total. The first-order chi connectivity index (χ1) is 16.3. The maximum absolute atomic E-state index is 13.4. The van der Waals surface area contributed by atoms with Crippen molar-refractivity contribution in [2.75, 3.05) is 25.0 Å². The van der Waals surface area contributed by atoms with Gasteiger partial charge in [-0.1, -0.05) is 22.0 Å². The summed E-state index contributed by atoms with van der Waals surface area (Å²) >= 11 is 3.45. The number of carbonyl (C=O) groups excluding carboxylic acids is 2. The molecule has 2 amide bonds. The summed E-state index contributed by atoms with van der Waals surface area (Å²) in [7, 11) is 0. The van der Waals surface area contributed by atoms with Gasteiger partial charge in [-0.3, -0.25) is 14.6 Å². The largest absolute Gasteiger partial charge is 0.493 e. The number of nitrogens with zero attached hydrogens (tertiary/aromatic N) is 1. The average molecular weight is 565 g/mol. The van der Waals surface area contributed by atoms with E-state index in [1.165, 1.54) is 6.34 Å². The third kappa shape index (κ3) is 5.63. The molecular formula is C25H31BrClN5O3. The van der Waals surface area contributed by atoms with Gasteiger partial charge in [-0.2, -0.15) is 0 Å². The number of ether oxygens (including phenoxy) is 1. The number of nitrogens with one attached hydrogen (secondary N) is 3. The number of piperidine rings is 1. The second kappa shape index (κ2) is 11.4. The molecular weight excluding hydrogens is 534 g/mol. The van der Waals surface area contributed by atoms with E-state index in [-0.39, 0.29) is 12.4 Å². The highest BCUT2D eigenvalue weighted by Crippen LogP contribution is 2.35. The Bertz CT molecular complexity index is 1120. The van der Waals surface area contributed by atoms with Crippen LogP contribution >= 0.6 is 28.3 Å². The molecule has 2 unspecified atom stereocenters. The van der Waals surface area contributed by atoms with Crippen LogP contribution in [0.4, 0.5) is 5.69 Å². The van der Waals surface area contributed by atoms with E-state index in [1.807, 2.05) is 44.2 Å². The summed E-state index contributed by atoms with van der Waals surface area (Å²) in [6.07, 6.45) is 3.60. The van der Waals surface area contributed by atoms with Crippen LogP contribution in [0.1, 0.15) is 29.5 Å². The lowest BCUT2D eigenvalue weighted by Gasteiger charge is -2.32. The van der Waals surface area contributed by atoms with Crippen LogP contribution in [0.2, 0.25) is 0 Å². The first-order valence-electron chi connectivity index (χ1n) is 11.4. The molecule has 2 aliphatic rings. The molecule has 2 atom stereocenters. The van der Waals surface area contributed by atoms with Gasteiger partial charge >= 0.3 is 0 Å². The van der Waals surface area contributed by atoms with Crippen LogP contribution in [0.5, 0.6) is 5.75 Å². The number of primary amides is 1. The molecule has 0 radical (unpaired) electrons. The normalized spacial score (nSPS) is 21.6. The van der Waals surface area contributed by atoms with Crippen LogP contribution in [-0.2, 0) is 15.1 Å². The quantitative estimate of drug-likeness (QED) is 0.412. The molecule has 2 heterocycles. The highest BCUT2D eigenvalue weighted by molar-refractivity contribution is 9.10. The second-order valence-electron chi connectivity index (χ2n) is 8.93. The maximum Gasteiger partial charge on any atom is 0.252 e. The van der Waals surface area contributed by atoms with Crippen molar-refractivity contribution in [1.82, 2.24) is 10.6 Å². The van der Waals surface area contributed by atoms with E-state index in [4.69, 9.17) is 10.5 Å². The lowest BCUT2D eigenvalue weighted by atomic mass is 9.80. The molecule has 8 nitrogen and oxygen atoms in total. The Labute approximate surface area is 220 Å². The first-order valence-corrected chi connectivity index (χ1v) is 12.2. The number of amides is 2. The third-order valence-corrected chi connectivity index (χ3v) is 7.08. The van der Waals surface area contributed by atoms with Crippen LogP contribution in [-0.4, -0.2) is 43.9 Å². The van der Waals surface area contributed by atoms with E-state index in [0.717, 1.165) is 47.3 Å². The number of carbonyl (C=O) groups is 2. The van der Waals surface area contributed by atoms with E-state index in [1.54, 1.807) is 6.07 Å². The van der Waals surface area contributed by atoms with Crippen molar-refractivity contribution >= 4 is 52.2 Å². The number of rotatable bonds is 7. The van der Waals surface area contributed by atoms with Gasteiger partial charge in [-0.05, 0) is 92.7 Å². The highest BCUT2D eigenvalue weighted by atomic mass is 79.9. The molecule has 2 aromatic carbocycles. The van der Waals surface area contributed by atoms with Crippen LogP contribution < -0.4 is 26.4 Å². The summed E-state index contributed by atoms with van der Waals surface area (Å²) in [6, 6.07) is 10.0. The summed E-state index contributed by atoms with van der Waals surface area (Å²) < 4.78 is 6.77. The molecule has 0 bridgehead atoms. The third-order valence-electron chi connectivity index (χ3n) is 6.59. The molecule has 10 heteroatoms. The Kier molecular flexibility index (Phi) is 8.79. The Hall–Kier alpha value is -2.62. The fraction of sp³-hybridized carbons (Fsp3) is 0.400. The molecule has 2 aliphatic heterocycles. The zero-order valence-electron chi connectivity index (χ0n) is 19.8. The lowest BCUT2D eigenvalue weighted by molar-refractivity contribution is -0.129. The number of halogens is 2. The van der Waals surface area contributed by atoms with Crippen molar-refractivity contribution in [1.29, 1.82) is 0 Å². The van der Waals surface area contributed by atoms with E-state index in [2.05, 4.69) is 36.9 Å². The average Bonchev–Trinajstić information content (AvgIpc) is 3.28. The monoisotopic (exact) mass is 563 g/mol. The van der Waals surface area contributed by atoms with E-state index in [9.17, 15) is 9.59 Å². The van der Waals surface area contributed by atoms with Crippen LogP contribution in [0.3, 0.4) is 0 Å². The van der Waals surface area contributed by atoms with E-state index >= 15 is 0 Å². The van der Waals surface area contributed by atoms with Gasteiger partial charge < -0.3 is 26.4 Å². The number of benzene rings is 2. The predicted molar refractivity (Wildman–Crippen MR) is 143 cm³/mol. The number of aryl methyl sites for hydroxylation is 2. The highest BCUT2D eigenvalue weighted by Gasteiger charge is 2.53. The minimum atomic E-state index is -1.48. The maximum atomic E-state index is 13.4. The number of nitrogens with two attached hydrogens (primary N) is 1. The van der Waals surface area contributed by atoms with Gasteiger partial charge in [-0.15, -0.1) is 12.4 Å². The topological polar surface area (TPSA) is 118 Å². The summed E-state index contributed by atoms with van der Waals surface area (Å²) in [5.41, 5.74) is 7.28. The summed E-state index contributed by atoms with van der Waals surface area (Å²) in [4.78, 5) is 30.4. The van der Waals surface area contributed by atoms with Gasteiger partial charge in [0.05, 0.1) is 12.9 Å². The fourth-order valence-electron chi connectivity index (χ4n) is 4.58. The van der Waals surface area contributed by atoms with Gasteiger partial charge in [0.15, 0.2) is 11.6 Å². The molecule has 0 saturated carbocycles. The van der Waals surface area contributed by atoms with Crippen LogP contribution in [0.15, 0.2) is 45.9 Å². The van der Waals surface area contributed by atoms with Crippen molar-refractivity contribution < 1.29 is 14.3 Å². The summed E-state index contributed by atoms with van der Waals surface area (Å²) in [5, 5.41) is 9.25. The van der Waals surface area contributed by atoms with Crippen molar-refractivity contribution in [3.63, 3.8) is 0 Å². The Balaban J connectivity index is 0.00000342. The molecule has 188 valence electrons. The van der Waals surface area contributed by atoms with Crippen LogP contribution in [0, 0.1) is 19.8 Å². The molecule has 0 aliphatic carbocycles. The fourth-order valence-corrected chi connectivity index (χ4v) is 4.94. The van der Waals surface area contributed by atoms with Gasteiger partial charge in [0.25, 0.3) is 11.8 Å². The number of anilines is 1. The molecule has 1 saturated heterocycles. The number of hydrogen-bond acceptors (Lipinski definition) is 6. The van der Waals surface area contributed by atoms with Crippen LogP contribution in [0.25, 0.3) is 0 Å². The zero-order valence-corrected chi connectivity index (χ0v) is 22.2. The molecule has 4 rings (SSSR count). The van der Waals surface area contributed by atoms with Crippen molar-refractivity contribution in [2.24, 2.45) is 16.6 Å². The second-order valence-corrected chi connectivity index (χ2v) is 9.84. The van der Waals surface area contributed by atoms with Crippen molar-refractivity contribution in [3.05, 3.63) is 57.6 Å². The van der Waals surface area contributed by atoms with Gasteiger partial charge in [0.1, 0.15) is 5.75 Å². The Morgan fingerprint density at radius 2 is 1.91 bits per heavy atom. The zero-order chi connectivity index (χ0) is 24.3. The van der Waals surface area contributed by atoms with Gasteiger partial charge in [0.2, 0.25) is 0 Å². The summed E-state index contributed by atoms with van der Waals surface area (Å²) in [6.45, 7) is 6.52. The van der Waals surface area contributed by atoms with E-state index < -0.39 is 23.4 Å². The van der Waals surface area contributed by atoms with Crippen molar-refractivity contribution in [2.45, 2.75) is 38.3 Å². The number of aliphatic imine (C=N–C) groups is 1. The molecule has 35 heavy (non-hydrogen) atoms. The Morgan fingerprint density at radius 3 is 2.60 bits per heavy atom. The molecule has 1 fully saturated rings. The standard InChI is InChI=1S/C25H30BrN5O3.ClH/c1-15-3-4-18(26)12-20(15)25(24(27)33)22(29-14-30-25)23(32)31-21-6-5-19(11-16(21)2)34-13-17-7-9-28-10-8-17;/h3-6,11-12,14,17,22,28H,7-10,13H2,1-2H3,(H2,27,33)(H,29,30)(H,31,32);1H. The first kappa shape index (κ1) is 27.0. The van der Waals surface area contributed by atoms with Gasteiger partial charge in [-0.25, -0.2) is 0 Å². The minimum Gasteiger partial charge on any atom is -0.493 e. The minimum absolute atomic E-state index is 0. The van der Waals surface area contributed by atoms with E-state index in [0.29, 0.717) is 23.8 Å². The van der Waals surface area contributed by atoms with Crippen molar-refractivity contribution in [3.8, 4) is 5.75 Å². The molecule has 2 aromatic rings. The van der Waals surface area contributed by atoms with Gasteiger partial charge in [0, 0.05) is 10.2 Å². The Morgan fingerprint density at radius 1 is 1.17 bits per heavy atom. The smallest absolute Gasteiger partial charge is 0.252 e.